The van der Waals surface area contributed by atoms with E-state index < -0.39 is 12.2 Å². The van der Waals surface area contributed by atoms with Gasteiger partial charge in [-0.15, -0.1) is 0 Å². The van der Waals surface area contributed by atoms with Crippen LogP contribution >= 0.6 is 15.9 Å². The monoisotopic (exact) mass is 245 g/mol. The number of hydrogen-bond donors (Lipinski definition) is 3. The molecule has 0 aromatic heterocycles. The fourth-order valence-corrected chi connectivity index (χ4v) is 1.46. The van der Waals surface area contributed by atoms with E-state index in [4.69, 9.17) is 5.73 Å². The molecule has 13 heavy (non-hydrogen) atoms. The van der Waals surface area contributed by atoms with Crippen LogP contribution in [0.3, 0.4) is 0 Å². The number of aliphatic hydroxyl groups is 2. The predicted octanol–water partition coefficient (Wildman–Crippen LogP) is 0.802. The Morgan fingerprint density at radius 2 is 2.08 bits per heavy atom. The molecule has 0 aliphatic heterocycles. The van der Waals surface area contributed by atoms with Gasteiger partial charge in [0.25, 0.3) is 0 Å². The fourth-order valence-electron chi connectivity index (χ4n) is 1.04. The highest BCUT2D eigenvalue weighted by Crippen LogP contribution is 2.20. The lowest BCUT2D eigenvalue weighted by Crippen LogP contribution is -2.27. The van der Waals surface area contributed by atoms with Crippen LogP contribution in [0.4, 0.5) is 0 Å². The van der Waals surface area contributed by atoms with E-state index in [1.54, 1.807) is 18.2 Å². The zero-order chi connectivity index (χ0) is 9.84. The van der Waals surface area contributed by atoms with Crippen LogP contribution in [-0.2, 0) is 0 Å². The average molecular weight is 246 g/mol. The molecule has 0 saturated carbocycles. The first kappa shape index (κ1) is 10.7. The van der Waals surface area contributed by atoms with Crippen molar-refractivity contribution in [3.8, 4) is 0 Å². The molecule has 0 heterocycles. The van der Waals surface area contributed by atoms with E-state index in [1.807, 2.05) is 6.07 Å². The lowest BCUT2D eigenvalue weighted by molar-refractivity contribution is 0.0243. The van der Waals surface area contributed by atoms with Gasteiger partial charge in [0.2, 0.25) is 0 Å². The van der Waals surface area contributed by atoms with E-state index in [-0.39, 0.29) is 6.54 Å². The minimum atomic E-state index is -0.914. The SMILES string of the molecule is NCC(O)C(O)c1cccc(Br)c1. The van der Waals surface area contributed by atoms with Gasteiger partial charge >= 0.3 is 0 Å². The Morgan fingerprint density at radius 3 is 2.62 bits per heavy atom. The Bertz CT molecular complexity index is 280. The normalized spacial score (nSPS) is 15.4. The van der Waals surface area contributed by atoms with Gasteiger partial charge in [0, 0.05) is 11.0 Å². The Morgan fingerprint density at radius 1 is 1.38 bits per heavy atom. The molecule has 0 radical (unpaired) electrons. The van der Waals surface area contributed by atoms with Gasteiger partial charge in [0.15, 0.2) is 0 Å². The zero-order valence-corrected chi connectivity index (χ0v) is 8.61. The van der Waals surface area contributed by atoms with E-state index in [1.165, 1.54) is 0 Å². The summed E-state index contributed by atoms with van der Waals surface area (Å²) >= 11 is 3.28. The number of benzene rings is 1. The number of hydrogen-bond acceptors (Lipinski definition) is 3. The van der Waals surface area contributed by atoms with E-state index in [9.17, 15) is 10.2 Å². The van der Waals surface area contributed by atoms with Gasteiger partial charge in [0.05, 0.1) is 6.10 Å². The third-order valence-corrected chi connectivity index (χ3v) is 2.29. The van der Waals surface area contributed by atoms with Crippen LogP contribution in [0.1, 0.15) is 11.7 Å². The molecular formula is C9H12BrNO2. The molecule has 72 valence electrons. The van der Waals surface area contributed by atoms with Gasteiger partial charge in [-0.1, -0.05) is 28.1 Å². The molecule has 1 aromatic rings. The van der Waals surface area contributed by atoms with E-state index in [0.29, 0.717) is 5.56 Å². The summed E-state index contributed by atoms with van der Waals surface area (Å²) in [5.74, 6) is 0. The topological polar surface area (TPSA) is 66.5 Å². The Balaban J connectivity index is 2.82. The highest BCUT2D eigenvalue weighted by molar-refractivity contribution is 9.10. The zero-order valence-electron chi connectivity index (χ0n) is 7.02. The van der Waals surface area contributed by atoms with Crippen LogP contribution in [0.2, 0.25) is 0 Å². The molecule has 0 fully saturated rings. The molecule has 0 bridgehead atoms. The predicted molar refractivity (Wildman–Crippen MR) is 54.2 cm³/mol. The maximum atomic E-state index is 9.56. The van der Waals surface area contributed by atoms with Crippen LogP contribution in [0.5, 0.6) is 0 Å². The number of nitrogens with two attached hydrogens (primary N) is 1. The molecule has 3 nitrogen and oxygen atoms in total. The minimum Gasteiger partial charge on any atom is -0.389 e. The van der Waals surface area contributed by atoms with Crippen molar-refractivity contribution < 1.29 is 10.2 Å². The minimum absolute atomic E-state index is 0.0493. The third-order valence-electron chi connectivity index (χ3n) is 1.80. The molecule has 2 unspecified atom stereocenters. The van der Waals surface area contributed by atoms with Crippen molar-refractivity contribution in [3.05, 3.63) is 34.3 Å². The van der Waals surface area contributed by atoms with E-state index >= 15 is 0 Å². The van der Waals surface area contributed by atoms with Crippen LogP contribution in [0.15, 0.2) is 28.7 Å². The van der Waals surface area contributed by atoms with Crippen molar-refractivity contribution in [3.63, 3.8) is 0 Å². The molecule has 4 heteroatoms. The molecule has 1 rings (SSSR count). The highest BCUT2D eigenvalue weighted by Gasteiger charge is 2.16. The summed E-state index contributed by atoms with van der Waals surface area (Å²) in [7, 11) is 0. The maximum absolute atomic E-state index is 9.56. The molecule has 2 atom stereocenters. The van der Waals surface area contributed by atoms with Crippen LogP contribution < -0.4 is 5.73 Å². The lowest BCUT2D eigenvalue weighted by Gasteiger charge is -2.16. The number of aliphatic hydroxyl groups excluding tert-OH is 2. The third kappa shape index (κ3) is 2.77. The van der Waals surface area contributed by atoms with Gasteiger partial charge in [-0.3, -0.25) is 0 Å². The van der Waals surface area contributed by atoms with Crippen molar-refractivity contribution in [2.75, 3.05) is 6.54 Å². The van der Waals surface area contributed by atoms with Crippen LogP contribution in [0.25, 0.3) is 0 Å². The summed E-state index contributed by atoms with van der Waals surface area (Å²) in [5.41, 5.74) is 5.89. The fraction of sp³-hybridized carbons (Fsp3) is 0.333. The van der Waals surface area contributed by atoms with Gasteiger partial charge in [-0.05, 0) is 17.7 Å². The second-order valence-corrected chi connectivity index (χ2v) is 3.72. The van der Waals surface area contributed by atoms with Gasteiger partial charge in [-0.25, -0.2) is 0 Å². The maximum Gasteiger partial charge on any atom is 0.106 e. The first-order valence-electron chi connectivity index (χ1n) is 3.97. The van der Waals surface area contributed by atoms with Crippen molar-refractivity contribution in [1.29, 1.82) is 0 Å². The summed E-state index contributed by atoms with van der Waals surface area (Å²) in [6.07, 6.45) is -1.82. The Labute approximate surface area is 85.3 Å². The van der Waals surface area contributed by atoms with E-state index in [2.05, 4.69) is 15.9 Å². The quantitative estimate of drug-likeness (QED) is 0.739. The largest absolute Gasteiger partial charge is 0.389 e. The van der Waals surface area contributed by atoms with Gasteiger partial charge in [0.1, 0.15) is 6.10 Å². The molecule has 0 spiro atoms. The standard InChI is InChI=1S/C9H12BrNO2/c10-7-3-1-2-6(4-7)9(13)8(12)5-11/h1-4,8-9,12-13H,5,11H2. The Hall–Kier alpha value is -0.420. The Kier molecular flexibility index (Phi) is 3.87. The molecule has 0 aliphatic carbocycles. The first-order valence-corrected chi connectivity index (χ1v) is 4.76. The molecule has 0 amide bonds. The number of halogens is 1. The van der Waals surface area contributed by atoms with Crippen LogP contribution in [0, 0.1) is 0 Å². The van der Waals surface area contributed by atoms with E-state index in [0.717, 1.165) is 4.47 Å². The smallest absolute Gasteiger partial charge is 0.106 e. The average Bonchev–Trinajstić information content (AvgIpc) is 2.15. The van der Waals surface area contributed by atoms with Crippen molar-refractivity contribution >= 4 is 15.9 Å². The van der Waals surface area contributed by atoms with Crippen molar-refractivity contribution in [2.24, 2.45) is 5.73 Å². The molecule has 4 N–H and O–H groups in total. The summed E-state index contributed by atoms with van der Waals surface area (Å²) in [4.78, 5) is 0. The summed E-state index contributed by atoms with van der Waals surface area (Å²) in [5, 5.41) is 18.8. The molecule has 0 saturated heterocycles. The van der Waals surface area contributed by atoms with Crippen molar-refractivity contribution in [2.45, 2.75) is 12.2 Å². The molecule has 1 aromatic carbocycles. The molecule has 0 aliphatic rings. The van der Waals surface area contributed by atoms with Crippen molar-refractivity contribution in [1.82, 2.24) is 0 Å². The first-order chi connectivity index (χ1) is 6.15. The van der Waals surface area contributed by atoms with Crippen LogP contribution in [-0.4, -0.2) is 22.9 Å². The summed E-state index contributed by atoms with van der Waals surface area (Å²) in [6.45, 7) is 0.0493. The second-order valence-electron chi connectivity index (χ2n) is 2.80. The van der Waals surface area contributed by atoms with Gasteiger partial charge < -0.3 is 15.9 Å². The second kappa shape index (κ2) is 4.72. The summed E-state index contributed by atoms with van der Waals surface area (Å²) in [6, 6.07) is 7.15. The highest BCUT2D eigenvalue weighted by atomic mass is 79.9. The number of rotatable bonds is 3. The summed E-state index contributed by atoms with van der Waals surface area (Å²) < 4.78 is 0.869. The lowest BCUT2D eigenvalue weighted by atomic mass is 10.1. The molecular weight excluding hydrogens is 234 g/mol. The van der Waals surface area contributed by atoms with Gasteiger partial charge in [-0.2, -0.15) is 0 Å².